The summed E-state index contributed by atoms with van der Waals surface area (Å²) in [5.74, 6) is 0.354. The lowest BCUT2D eigenvalue weighted by atomic mass is 9.88. The van der Waals surface area contributed by atoms with Crippen LogP contribution in [0, 0.1) is 5.92 Å². The molecule has 1 atom stereocenters. The molecule has 70 valence electrons. The van der Waals surface area contributed by atoms with Crippen LogP contribution in [0.1, 0.15) is 32.6 Å². The topological polar surface area (TPSA) is 52.3 Å². The van der Waals surface area contributed by atoms with Crippen molar-refractivity contribution in [2.45, 2.75) is 38.1 Å². The average Bonchev–Trinajstić information content (AvgIpc) is 2.86. The van der Waals surface area contributed by atoms with Crippen molar-refractivity contribution in [3.05, 3.63) is 0 Å². The number of nitrogens with two attached hydrogens (primary N) is 1. The van der Waals surface area contributed by atoms with E-state index in [0.717, 1.165) is 6.42 Å². The van der Waals surface area contributed by atoms with Gasteiger partial charge in [0.25, 0.3) is 0 Å². The molecule has 2 N–H and O–H groups in total. The van der Waals surface area contributed by atoms with Gasteiger partial charge in [0.1, 0.15) is 0 Å². The Morgan fingerprint density at radius 1 is 1.67 bits per heavy atom. The van der Waals surface area contributed by atoms with Gasteiger partial charge in [-0.15, -0.1) is 0 Å². The van der Waals surface area contributed by atoms with Gasteiger partial charge in [-0.3, -0.25) is 4.79 Å². The van der Waals surface area contributed by atoms with Crippen LogP contribution in [0.15, 0.2) is 0 Å². The first-order chi connectivity index (χ1) is 5.62. The number of rotatable bonds is 4. The van der Waals surface area contributed by atoms with E-state index < -0.39 is 0 Å². The number of carbonyl (C=O) groups excluding carboxylic acids is 1. The Morgan fingerprint density at radius 2 is 2.25 bits per heavy atom. The monoisotopic (exact) mass is 171 g/mol. The molecule has 0 aromatic rings. The van der Waals surface area contributed by atoms with Gasteiger partial charge in [-0.2, -0.15) is 0 Å². The van der Waals surface area contributed by atoms with Gasteiger partial charge < -0.3 is 10.5 Å². The van der Waals surface area contributed by atoms with Crippen molar-refractivity contribution >= 4 is 5.97 Å². The molecule has 0 heterocycles. The summed E-state index contributed by atoms with van der Waals surface area (Å²) in [7, 11) is 1.41. The van der Waals surface area contributed by atoms with Crippen molar-refractivity contribution in [1.82, 2.24) is 0 Å². The van der Waals surface area contributed by atoms with Gasteiger partial charge in [-0.05, 0) is 25.2 Å². The molecular formula is C9H17NO2. The van der Waals surface area contributed by atoms with Crippen molar-refractivity contribution in [3.63, 3.8) is 0 Å². The number of ether oxygens (including phenoxy) is 1. The summed E-state index contributed by atoms with van der Waals surface area (Å²) in [6.45, 7) is 2.03. The first kappa shape index (κ1) is 9.52. The van der Waals surface area contributed by atoms with Crippen LogP contribution in [0.3, 0.4) is 0 Å². The van der Waals surface area contributed by atoms with Gasteiger partial charge in [0.2, 0.25) is 0 Å². The number of hydrogen-bond acceptors (Lipinski definition) is 3. The molecule has 3 nitrogen and oxygen atoms in total. The zero-order chi connectivity index (χ0) is 9.19. The largest absolute Gasteiger partial charge is 0.469 e. The molecule has 1 unspecified atom stereocenters. The second-order valence-electron chi connectivity index (χ2n) is 3.61. The second-order valence-corrected chi connectivity index (χ2v) is 3.61. The summed E-state index contributed by atoms with van der Waals surface area (Å²) in [5.41, 5.74) is 5.78. The van der Waals surface area contributed by atoms with Crippen LogP contribution in [-0.2, 0) is 9.53 Å². The van der Waals surface area contributed by atoms with E-state index in [1.165, 1.54) is 20.0 Å². The molecule has 0 amide bonds. The minimum Gasteiger partial charge on any atom is -0.469 e. The summed E-state index contributed by atoms with van der Waals surface area (Å²) in [4.78, 5) is 11.0. The van der Waals surface area contributed by atoms with Crippen LogP contribution in [0.5, 0.6) is 0 Å². The molecular weight excluding hydrogens is 154 g/mol. The zero-order valence-electron chi connectivity index (χ0n) is 7.80. The van der Waals surface area contributed by atoms with Crippen LogP contribution in [0.2, 0.25) is 0 Å². The number of hydrogen-bond donors (Lipinski definition) is 1. The van der Waals surface area contributed by atoms with Gasteiger partial charge in [-0.25, -0.2) is 0 Å². The van der Waals surface area contributed by atoms with Crippen molar-refractivity contribution in [1.29, 1.82) is 0 Å². The molecule has 1 fully saturated rings. The zero-order valence-corrected chi connectivity index (χ0v) is 7.80. The Bertz CT molecular complexity index is 177. The molecule has 0 aromatic carbocycles. The van der Waals surface area contributed by atoms with Crippen molar-refractivity contribution in [2.75, 3.05) is 7.11 Å². The lowest BCUT2D eigenvalue weighted by Crippen LogP contribution is -2.43. The molecule has 12 heavy (non-hydrogen) atoms. The normalized spacial score (nSPS) is 21.6. The van der Waals surface area contributed by atoms with Gasteiger partial charge >= 0.3 is 5.97 Å². The fraction of sp³-hybridized carbons (Fsp3) is 0.889. The van der Waals surface area contributed by atoms with Crippen molar-refractivity contribution < 1.29 is 9.53 Å². The van der Waals surface area contributed by atoms with E-state index in [1.807, 2.05) is 6.92 Å². The Morgan fingerprint density at radius 3 is 2.58 bits per heavy atom. The molecule has 1 saturated carbocycles. The molecule has 0 aliphatic heterocycles. The smallest absolute Gasteiger partial charge is 0.307 e. The van der Waals surface area contributed by atoms with E-state index in [2.05, 4.69) is 4.74 Å². The van der Waals surface area contributed by atoms with Crippen molar-refractivity contribution in [2.24, 2.45) is 11.7 Å². The van der Waals surface area contributed by atoms with E-state index in [0.29, 0.717) is 12.3 Å². The molecule has 0 radical (unpaired) electrons. The minimum atomic E-state index is -0.299. The quantitative estimate of drug-likeness (QED) is 0.644. The lowest BCUT2D eigenvalue weighted by molar-refractivity contribution is -0.142. The highest BCUT2D eigenvalue weighted by atomic mass is 16.5. The molecule has 0 saturated heterocycles. The second kappa shape index (κ2) is 3.44. The lowest BCUT2D eigenvalue weighted by Gasteiger charge is -2.26. The summed E-state index contributed by atoms with van der Waals surface area (Å²) in [6.07, 6.45) is 3.56. The fourth-order valence-corrected chi connectivity index (χ4v) is 1.56. The van der Waals surface area contributed by atoms with E-state index in [1.54, 1.807) is 0 Å². The first-order valence-corrected chi connectivity index (χ1v) is 4.48. The first-order valence-electron chi connectivity index (χ1n) is 4.48. The molecule has 1 aliphatic carbocycles. The maximum absolute atomic E-state index is 11.0. The van der Waals surface area contributed by atoms with E-state index >= 15 is 0 Å². The predicted molar refractivity (Wildman–Crippen MR) is 46.6 cm³/mol. The van der Waals surface area contributed by atoms with E-state index in [-0.39, 0.29) is 11.5 Å². The Kier molecular flexibility index (Phi) is 2.73. The van der Waals surface area contributed by atoms with E-state index in [4.69, 9.17) is 5.73 Å². The fourth-order valence-electron chi connectivity index (χ4n) is 1.56. The highest BCUT2D eigenvalue weighted by Gasteiger charge is 2.42. The van der Waals surface area contributed by atoms with Gasteiger partial charge in [0.15, 0.2) is 0 Å². The third-order valence-electron chi connectivity index (χ3n) is 2.75. The SMILES string of the molecule is CCC(N)(CC(=O)OC)C1CC1. The number of carbonyl (C=O) groups is 1. The number of esters is 1. The van der Waals surface area contributed by atoms with Gasteiger partial charge in [0.05, 0.1) is 13.5 Å². The molecule has 1 rings (SSSR count). The van der Waals surface area contributed by atoms with Crippen LogP contribution in [0.4, 0.5) is 0 Å². The highest BCUT2D eigenvalue weighted by Crippen LogP contribution is 2.41. The van der Waals surface area contributed by atoms with Crippen LogP contribution < -0.4 is 5.73 Å². The standard InChI is InChI=1S/C9H17NO2/c1-3-9(10,7-4-5-7)6-8(11)12-2/h7H,3-6,10H2,1-2H3. The van der Waals surface area contributed by atoms with Crippen LogP contribution >= 0.6 is 0 Å². The molecule has 0 aromatic heterocycles. The Hall–Kier alpha value is -0.570. The van der Waals surface area contributed by atoms with Gasteiger partial charge in [-0.1, -0.05) is 6.92 Å². The third-order valence-corrected chi connectivity index (χ3v) is 2.75. The number of methoxy groups -OCH3 is 1. The maximum Gasteiger partial charge on any atom is 0.307 e. The Balaban J connectivity index is 2.48. The molecule has 1 aliphatic rings. The van der Waals surface area contributed by atoms with E-state index in [9.17, 15) is 4.79 Å². The summed E-state index contributed by atoms with van der Waals surface area (Å²) in [5, 5.41) is 0. The molecule has 0 bridgehead atoms. The average molecular weight is 171 g/mol. The minimum absolute atomic E-state index is 0.189. The Labute approximate surface area is 73.3 Å². The van der Waals surface area contributed by atoms with Crippen LogP contribution in [0.25, 0.3) is 0 Å². The van der Waals surface area contributed by atoms with Crippen LogP contribution in [-0.4, -0.2) is 18.6 Å². The predicted octanol–water partition coefficient (Wildman–Crippen LogP) is 1.07. The summed E-state index contributed by atoms with van der Waals surface area (Å²) in [6, 6.07) is 0. The summed E-state index contributed by atoms with van der Waals surface area (Å²) >= 11 is 0. The third kappa shape index (κ3) is 1.97. The summed E-state index contributed by atoms with van der Waals surface area (Å²) < 4.78 is 4.61. The van der Waals surface area contributed by atoms with Crippen molar-refractivity contribution in [3.8, 4) is 0 Å². The molecule has 0 spiro atoms. The maximum atomic E-state index is 11.0. The van der Waals surface area contributed by atoms with Gasteiger partial charge in [0, 0.05) is 5.54 Å². The highest BCUT2D eigenvalue weighted by molar-refractivity contribution is 5.70. The molecule has 3 heteroatoms.